The molecule has 23 heavy (non-hydrogen) atoms. The van der Waals surface area contributed by atoms with E-state index in [1.165, 1.54) is 18.8 Å². The maximum absolute atomic E-state index is 11.7. The fourth-order valence-corrected chi connectivity index (χ4v) is 3.08. The molecule has 2 aromatic heterocycles. The lowest BCUT2D eigenvalue weighted by Crippen LogP contribution is -2.38. The van der Waals surface area contributed by atoms with E-state index in [4.69, 9.17) is 0 Å². The zero-order valence-electron chi connectivity index (χ0n) is 12.7. The van der Waals surface area contributed by atoms with Gasteiger partial charge in [-0.1, -0.05) is 30.0 Å². The minimum atomic E-state index is -0.525. The summed E-state index contributed by atoms with van der Waals surface area (Å²) in [6, 6.07) is 9.40. The lowest BCUT2D eigenvalue weighted by Gasteiger charge is -2.07. The van der Waals surface area contributed by atoms with Crippen LogP contribution in [0, 0.1) is 6.92 Å². The van der Waals surface area contributed by atoms with Gasteiger partial charge in [-0.15, -0.1) is 10.2 Å². The summed E-state index contributed by atoms with van der Waals surface area (Å²) in [6.07, 6.45) is 0. The molecule has 118 valence electrons. The van der Waals surface area contributed by atoms with Crippen LogP contribution in [0.25, 0.3) is 16.6 Å². The van der Waals surface area contributed by atoms with Crippen LogP contribution in [0.1, 0.15) is 5.56 Å². The Kier molecular flexibility index (Phi) is 4.16. The molecule has 0 unspecified atom stereocenters. The van der Waals surface area contributed by atoms with Crippen LogP contribution < -0.4 is 10.6 Å². The lowest BCUT2D eigenvalue weighted by molar-refractivity contribution is -0.117. The van der Waals surface area contributed by atoms with E-state index in [2.05, 4.69) is 20.8 Å². The van der Waals surface area contributed by atoms with Crippen molar-refractivity contribution in [3.8, 4) is 0 Å². The van der Waals surface area contributed by atoms with Crippen LogP contribution in [0.4, 0.5) is 4.79 Å². The van der Waals surface area contributed by atoms with Crippen molar-refractivity contribution in [2.24, 2.45) is 0 Å². The van der Waals surface area contributed by atoms with E-state index in [-0.39, 0.29) is 11.7 Å². The first kappa shape index (κ1) is 15.3. The second-order valence-corrected chi connectivity index (χ2v) is 5.88. The number of rotatable bonds is 3. The third kappa shape index (κ3) is 2.98. The molecule has 0 spiro atoms. The molecule has 0 aliphatic carbocycles. The highest BCUT2D eigenvalue weighted by Crippen LogP contribution is 2.25. The van der Waals surface area contributed by atoms with Gasteiger partial charge in [0, 0.05) is 12.4 Å². The zero-order chi connectivity index (χ0) is 16.4. The molecule has 0 saturated heterocycles. The second-order valence-electron chi connectivity index (χ2n) is 4.94. The Labute approximate surface area is 136 Å². The number of carbonyl (C=O) groups excluding carboxylic acids is 2. The molecule has 0 aliphatic heterocycles. The molecule has 3 aromatic rings. The number of imide groups is 1. The van der Waals surface area contributed by atoms with E-state index in [1.807, 2.05) is 41.7 Å². The summed E-state index contributed by atoms with van der Waals surface area (Å²) in [6.45, 7) is 2.03. The number of thioether (sulfide) groups is 1. The Balaban J connectivity index is 1.92. The number of hydrogen-bond acceptors (Lipinski definition) is 5. The summed E-state index contributed by atoms with van der Waals surface area (Å²) in [4.78, 5) is 22.8. The minimum absolute atomic E-state index is 0.0798. The Morgan fingerprint density at radius 2 is 2.04 bits per heavy atom. The van der Waals surface area contributed by atoms with Gasteiger partial charge in [0.05, 0.1) is 11.3 Å². The molecule has 0 saturated carbocycles. The highest BCUT2D eigenvalue weighted by atomic mass is 32.2. The molecule has 2 heterocycles. The highest BCUT2D eigenvalue weighted by Gasteiger charge is 2.13. The largest absolute Gasteiger partial charge is 0.341 e. The van der Waals surface area contributed by atoms with Crippen LogP contribution in [0.3, 0.4) is 0 Å². The van der Waals surface area contributed by atoms with Crippen LogP contribution in [-0.2, 0) is 4.79 Å². The molecule has 1 aromatic carbocycles. The summed E-state index contributed by atoms with van der Waals surface area (Å²) in [7, 11) is 1.45. The minimum Gasteiger partial charge on any atom is -0.341 e. The summed E-state index contributed by atoms with van der Waals surface area (Å²) >= 11 is 1.24. The monoisotopic (exact) mass is 329 g/mol. The number of benzene rings is 1. The number of para-hydroxylation sites is 1. The molecule has 0 radical (unpaired) electrons. The first-order valence-corrected chi connectivity index (χ1v) is 7.96. The molecule has 3 rings (SSSR count). The van der Waals surface area contributed by atoms with Gasteiger partial charge < -0.3 is 5.32 Å². The van der Waals surface area contributed by atoms with E-state index < -0.39 is 6.03 Å². The van der Waals surface area contributed by atoms with Crippen LogP contribution in [0.5, 0.6) is 0 Å². The molecular formula is C15H15N5O2S. The van der Waals surface area contributed by atoms with Crippen molar-refractivity contribution in [2.75, 3.05) is 12.8 Å². The van der Waals surface area contributed by atoms with Gasteiger partial charge in [-0.3, -0.25) is 14.5 Å². The number of fused-ring (bicyclic) bond motifs is 3. The number of amides is 3. The molecular weight excluding hydrogens is 314 g/mol. The molecule has 3 amide bonds. The van der Waals surface area contributed by atoms with Crippen molar-refractivity contribution in [3.05, 3.63) is 35.9 Å². The van der Waals surface area contributed by atoms with E-state index >= 15 is 0 Å². The quantitative estimate of drug-likeness (QED) is 0.715. The van der Waals surface area contributed by atoms with Gasteiger partial charge in [0.15, 0.2) is 10.8 Å². The van der Waals surface area contributed by atoms with Gasteiger partial charge in [0.2, 0.25) is 5.91 Å². The molecule has 8 heteroatoms. The van der Waals surface area contributed by atoms with E-state index in [1.54, 1.807) is 0 Å². The maximum Gasteiger partial charge on any atom is 0.321 e. The number of nitrogens with zero attached hydrogens (tertiary/aromatic N) is 3. The average Bonchev–Trinajstić information content (AvgIpc) is 2.96. The fraction of sp³-hybridized carbons (Fsp3) is 0.200. The summed E-state index contributed by atoms with van der Waals surface area (Å²) in [5.74, 6) is -0.307. The van der Waals surface area contributed by atoms with Crippen molar-refractivity contribution < 1.29 is 9.59 Å². The predicted octanol–water partition coefficient (Wildman–Crippen LogP) is 1.74. The fourth-order valence-electron chi connectivity index (χ4n) is 2.32. The van der Waals surface area contributed by atoms with Gasteiger partial charge in [-0.25, -0.2) is 4.79 Å². The van der Waals surface area contributed by atoms with E-state index in [0.717, 1.165) is 22.1 Å². The molecule has 7 nitrogen and oxygen atoms in total. The summed E-state index contributed by atoms with van der Waals surface area (Å²) < 4.78 is 1.92. The van der Waals surface area contributed by atoms with Crippen LogP contribution in [-0.4, -0.2) is 39.3 Å². The van der Waals surface area contributed by atoms with Crippen LogP contribution in [0.15, 0.2) is 35.5 Å². The van der Waals surface area contributed by atoms with Crippen molar-refractivity contribution in [1.29, 1.82) is 0 Å². The van der Waals surface area contributed by atoms with Crippen molar-refractivity contribution in [2.45, 2.75) is 12.1 Å². The number of aryl methyl sites for hydroxylation is 1. The molecule has 0 bridgehead atoms. The van der Waals surface area contributed by atoms with Gasteiger partial charge >= 0.3 is 6.03 Å². The first-order chi connectivity index (χ1) is 11.1. The maximum atomic E-state index is 11.7. The van der Waals surface area contributed by atoms with Crippen molar-refractivity contribution in [3.63, 3.8) is 0 Å². The van der Waals surface area contributed by atoms with Gasteiger partial charge in [0.1, 0.15) is 0 Å². The molecule has 2 N–H and O–H groups in total. The number of hydrogen-bond donors (Lipinski definition) is 2. The first-order valence-electron chi connectivity index (χ1n) is 6.98. The number of urea groups is 1. The topological polar surface area (TPSA) is 88.4 Å². The molecule has 0 aliphatic rings. The lowest BCUT2D eigenvalue weighted by atomic mass is 10.1. The van der Waals surface area contributed by atoms with Crippen molar-refractivity contribution in [1.82, 2.24) is 25.2 Å². The van der Waals surface area contributed by atoms with Gasteiger partial charge in [-0.2, -0.15) is 0 Å². The molecule has 0 atom stereocenters. The number of aromatic nitrogens is 3. The third-order valence-electron chi connectivity index (χ3n) is 3.39. The Bertz CT molecular complexity index is 905. The van der Waals surface area contributed by atoms with Gasteiger partial charge in [0.25, 0.3) is 0 Å². The normalized spacial score (nSPS) is 10.9. The van der Waals surface area contributed by atoms with E-state index in [9.17, 15) is 9.59 Å². The standard InChI is InChI=1S/C15H15N5O2S/c1-9-7-12-18-19-15(23-8-13(21)17-14(22)16-2)20(12)11-6-4-3-5-10(9)11/h3-7H,8H2,1-2H3,(H2,16,17,21,22). The predicted molar refractivity (Wildman–Crippen MR) is 88.6 cm³/mol. The zero-order valence-corrected chi connectivity index (χ0v) is 13.5. The SMILES string of the molecule is CNC(=O)NC(=O)CSc1nnc2cc(C)c3ccccc3n12. The smallest absolute Gasteiger partial charge is 0.321 e. The van der Waals surface area contributed by atoms with E-state index in [0.29, 0.717) is 5.16 Å². The average molecular weight is 329 g/mol. The van der Waals surface area contributed by atoms with Crippen LogP contribution >= 0.6 is 11.8 Å². The second kappa shape index (κ2) is 6.25. The number of pyridine rings is 1. The van der Waals surface area contributed by atoms with Crippen molar-refractivity contribution >= 4 is 40.3 Å². The van der Waals surface area contributed by atoms with Gasteiger partial charge in [-0.05, 0) is 24.6 Å². The highest BCUT2D eigenvalue weighted by molar-refractivity contribution is 7.99. The summed E-state index contributed by atoms with van der Waals surface area (Å²) in [5.41, 5.74) is 2.84. The summed E-state index contributed by atoms with van der Waals surface area (Å²) in [5, 5.41) is 14.6. The van der Waals surface area contributed by atoms with Crippen LogP contribution in [0.2, 0.25) is 0 Å². The Morgan fingerprint density at radius 3 is 2.83 bits per heavy atom. The molecule has 0 fully saturated rings. The third-order valence-corrected chi connectivity index (χ3v) is 4.32. The number of nitrogens with one attached hydrogen (secondary N) is 2. The number of carbonyl (C=O) groups is 2. The Hall–Kier alpha value is -2.61. The Morgan fingerprint density at radius 1 is 1.26 bits per heavy atom.